The zero-order valence-corrected chi connectivity index (χ0v) is 18.6. The number of rotatable bonds is 6. The highest BCUT2D eigenvalue weighted by atomic mass is 16.5. The summed E-state index contributed by atoms with van der Waals surface area (Å²) in [7, 11) is 1.80. The number of guanidine groups is 1. The van der Waals surface area contributed by atoms with Gasteiger partial charge in [-0.25, -0.2) is 0 Å². The van der Waals surface area contributed by atoms with E-state index in [2.05, 4.69) is 43.8 Å². The number of aromatic nitrogens is 1. The van der Waals surface area contributed by atoms with Crippen molar-refractivity contribution in [1.29, 1.82) is 0 Å². The van der Waals surface area contributed by atoms with Crippen LogP contribution >= 0.6 is 0 Å². The molecule has 1 N–H and O–H groups in total. The van der Waals surface area contributed by atoms with Gasteiger partial charge in [0.05, 0.1) is 19.3 Å². The van der Waals surface area contributed by atoms with E-state index < -0.39 is 0 Å². The molecule has 166 valence electrons. The maximum Gasteiger partial charge on any atom is 0.236 e. The van der Waals surface area contributed by atoms with Crippen molar-refractivity contribution in [3.63, 3.8) is 0 Å². The molecule has 0 saturated carbocycles. The lowest BCUT2D eigenvalue weighted by Gasteiger charge is -2.39. The highest BCUT2D eigenvalue weighted by Crippen LogP contribution is 2.21. The zero-order chi connectivity index (χ0) is 21.3. The maximum atomic E-state index is 12.7. The number of nitrogens with zero attached hydrogens (tertiary/aromatic N) is 5. The minimum atomic E-state index is 0.275. The molecule has 30 heavy (non-hydrogen) atoms. The predicted octanol–water partition coefficient (Wildman–Crippen LogP) is 1.16. The molecular weight excluding hydrogens is 380 g/mol. The number of carbonyl (C=O) groups is 1. The number of amides is 1. The van der Waals surface area contributed by atoms with Gasteiger partial charge in [0.1, 0.15) is 12.4 Å². The molecule has 3 heterocycles. The maximum absolute atomic E-state index is 12.7. The first-order chi connectivity index (χ1) is 14.5. The van der Waals surface area contributed by atoms with Gasteiger partial charge in [-0.1, -0.05) is 13.8 Å². The van der Waals surface area contributed by atoms with E-state index in [1.54, 1.807) is 19.4 Å². The SMILES string of the molecule is CN=C(NCCOc1cccnc1)N1CCN(CC(=O)N2CC(C)CC(C)C2)CC1. The van der Waals surface area contributed by atoms with Crippen molar-refractivity contribution in [3.05, 3.63) is 24.5 Å². The fraction of sp³-hybridized carbons (Fsp3) is 0.682. The number of hydrogen-bond acceptors (Lipinski definition) is 5. The summed E-state index contributed by atoms with van der Waals surface area (Å²) in [5.74, 6) is 3.13. The van der Waals surface area contributed by atoms with E-state index >= 15 is 0 Å². The molecule has 2 aliphatic heterocycles. The van der Waals surface area contributed by atoms with Gasteiger partial charge in [-0.3, -0.25) is 19.7 Å². The van der Waals surface area contributed by atoms with Gasteiger partial charge in [-0.15, -0.1) is 0 Å². The summed E-state index contributed by atoms with van der Waals surface area (Å²) < 4.78 is 5.67. The van der Waals surface area contributed by atoms with E-state index in [-0.39, 0.29) is 5.91 Å². The lowest BCUT2D eigenvalue weighted by atomic mass is 9.92. The van der Waals surface area contributed by atoms with Crippen LogP contribution in [0.2, 0.25) is 0 Å². The summed E-state index contributed by atoms with van der Waals surface area (Å²) >= 11 is 0. The average Bonchev–Trinajstić information content (AvgIpc) is 2.74. The number of ether oxygens (including phenoxy) is 1. The number of aliphatic imine (C=N–C) groups is 1. The molecule has 8 nitrogen and oxygen atoms in total. The van der Waals surface area contributed by atoms with Crippen molar-refractivity contribution in [3.8, 4) is 5.75 Å². The Balaban J connectivity index is 1.36. The molecule has 0 spiro atoms. The fourth-order valence-electron chi connectivity index (χ4n) is 4.37. The molecule has 1 amide bonds. The lowest BCUT2D eigenvalue weighted by Crippen LogP contribution is -2.55. The third-order valence-electron chi connectivity index (χ3n) is 5.75. The molecule has 0 aliphatic carbocycles. The topological polar surface area (TPSA) is 73.3 Å². The van der Waals surface area contributed by atoms with Gasteiger partial charge in [-0.2, -0.15) is 0 Å². The number of piperidine rings is 1. The number of pyridine rings is 1. The van der Waals surface area contributed by atoms with E-state index in [4.69, 9.17) is 4.74 Å². The summed E-state index contributed by atoms with van der Waals surface area (Å²) in [6, 6.07) is 3.76. The molecule has 2 fully saturated rings. The van der Waals surface area contributed by atoms with E-state index in [9.17, 15) is 4.79 Å². The predicted molar refractivity (Wildman–Crippen MR) is 119 cm³/mol. The average molecular weight is 417 g/mol. The van der Waals surface area contributed by atoms with E-state index in [0.717, 1.165) is 51.0 Å². The van der Waals surface area contributed by atoms with Crippen LogP contribution in [-0.4, -0.2) is 97.6 Å². The third kappa shape index (κ3) is 6.58. The van der Waals surface area contributed by atoms with Crippen LogP contribution in [0.25, 0.3) is 0 Å². The molecule has 3 rings (SSSR count). The van der Waals surface area contributed by atoms with Gasteiger partial charge >= 0.3 is 0 Å². The van der Waals surface area contributed by atoms with Crippen molar-refractivity contribution in [2.24, 2.45) is 16.8 Å². The number of piperazine rings is 1. The molecule has 2 saturated heterocycles. The smallest absolute Gasteiger partial charge is 0.236 e. The summed E-state index contributed by atoms with van der Waals surface area (Å²) in [5, 5.41) is 3.36. The number of hydrogen-bond donors (Lipinski definition) is 1. The van der Waals surface area contributed by atoms with E-state index in [1.807, 2.05) is 12.1 Å². The summed E-state index contributed by atoms with van der Waals surface area (Å²) in [6.07, 6.45) is 4.66. The number of carbonyl (C=O) groups excluding carboxylic acids is 1. The second kappa shape index (κ2) is 11.2. The Bertz CT molecular complexity index is 680. The van der Waals surface area contributed by atoms with Gasteiger partial charge in [0.2, 0.25) is 5.91 Å². The van der Waals surface area contributed by atoms with Crippen molar-refractivity contribution >= 4 is 11.9 Å². The van der Waals surface area contributed by atoms with Crippen molar-refractivity contribution in [1.82, 2.24) is 25.0 Å². The minimum Gasteiger partial charge on any atom is -0.490 e. The van der Waals surface area contributed by atoms with Gasteiger partial charge < -0.3 is 19.9 Å². The van der Waals surface area contributed by atoms with Crippen LogP contribution in [0.5, 0.6) is 5.75 Å². The Morgan fingerprint density at radius 1 is 1.20 bits per heavy atom. The molecular formula is C22H36N6O2. The normalized spacial score (nSPS) is 23.4. The van der Waals surface area contributed by atoms with Crippen molar-refractivity contribution in [2.45, 2.75) is 20.3 Å². The van der Waals surface area contributed by atoms with E-state index in [1.165, 1.54) is 6.42 Å². The Morgan fingerprint density at radius 2 is 1.93 bits per heavy atom. The Kier molecular flexibility index (Phi) is 8.30. The monoisotopic (exact) mass is 416 g/mol. The molecule has 2 aliphatic rings. The summed E-state index contributed by atoms with van der Waals surface area (Å²) in [4.78, 5) is 27.8. The van der Waals surface area contributed by atoms with Gasteiger partial charge in [0, 0.05) is 52.5 Å². The zero-order valence-electron chi connectivity index (χ0n) is 18.6. The summed E-state index contributed by atoms with van der Waals surface area (Å²) in [5.41, 5.74) is 0. The Hall–Kier alpha value is -2.35. The molecule has 1 aromatic heterocycles. The largest absolute Gasteiger partial charge is 0.490 e. The number of nitrogens with one attached hydrogen (secondary N) is 1. The second-order valence-corrected chi connectivity index (χ2v) is 8.52. The first-order valence-electron chi connectivity index (χ1n) is 11.0. The Labute approximate surface area is 180 Å². The molecule has 8 heteroatoms. The van der Waals surface area contributed by atoms with Crippen LogP contribution < -0.4 is 10.1 Å². The van der Waals surface area contributed by atoms with Crippen molar-refractivity contribution in [2.75, 3.05) is 66.0 Å². The molecule has 0 bridgehead atoms. The Morgan fingerprint density at radius 3 is 2.57 bits per heavy atom. The second-order valence-electron chi connectivity index (χ2n) is 8.52. The first-order valence-corrected chi connectivity index (χ1v) is 11.0. The van der Waals surface area contributed by atoms with Crippen LogP contribution in [0, 0.1) is 11.8 Å². The van der Waals surface area contributed by atoms with Crippen LogP contribution in [0.1, 0.15) is 20.3 Å². The van der Waals surface area contributed by atoms with Crippen LogP contribution in [-0.2, 0) is 4.79 Å². The van der Waals surface area contributed by atoms with Gasteiger partial charge in [0.25, 0.3) is 0 Å². The molecule has 2 unspecified atom stereocenters. The molecule has 0 radical (unpaired) electrons. The standard InChI is InChI=1S/C22H36N6O2/c1-18-13-19(2)16-28(15-18)21(29)17-26-8-10-27(11-9-26)22(23-3)25-7-12-30-20-5-4-6-24-14-20/h4-6,14,18-19H,7-13,15-17H2,1-3H3,(H,23,25). The highest BCUT2D eigenvalue weighted by molar-refractivity contribution is 5.80. The molecule has 2 atom stereocenters. The van der Waals surface area contributed by atoms with Crippen LogP contribution in [0.4, 0.5) is 0 Å². The number of likely N-dealkylation sites (tertiary alicyclic amines) is 1. The van der Waals surface area contributed by atoms with Crippen molar-refractivity contribution < 1.29 is 9.53 Å². The van der Waals surface area contributed by atoms with E-state index in [0.29, 0.717) is 31.5 Å². The van der Waals surface area contributed by atoms with Gasteiger partial charge in [0.15, 0.2) is 5.96 Å². The summed E-state index contributed by atoms with van der Waals surface area (Å²) in [6.45, 7) is 11.5. The molecule has 0 aromatic carbocycles. The minimum absolute atomic E-state index is 0.275. The fourth-order valence-corrected chi connectivity index (χ4v) is 4.37. The quantitative estimate of drug-likeness (QED) is 0.426. The van der Waals surface area contributed by atoms with Crippen LogP contribution in [0.15, 0.2) is 29.5 Å². The van der Waals surface area contributed by atoms with Gasteiger partial charge in [-0.05, 0) is 30.4 Å². The highest BCUT2D eigenvalue weighted by Gasteiger charge is 2.27. The molecule has 1 aromatic rings. The third-order valence-corrected chi connectivity index (χ3v) is 5.75. The first kappa shape index (κ1) is 22.3. The lowest BCUT2D eigenvalue weighted by molar-refractivity contribution is -0.135. The van der Waals surface area contributed by atoms with Crippen LogP contribution in [0.3, 0.4) is 0 Å².